The van der Waals surface area contributed by atoms with Gasteiger partial charge in [0.05, 0.1) is 17.9 Å². The molecule has 1 aromatic heterocycles. The molecule has 7 heteroatoms. The highest BCUT2D eigenvalue weighted by Gasteiger charge is 2.30. The van der Waals surface area contributed by atoms with Gasteiger partial charge in [0, 0.05) is 12.6 Å². The van der Waals surface area contributed by atoms with Crippen LogP contribution in [0.25, 0.3) is 11.4 Å². The fourth-order valence-corrected chi connectivity index (χ4v) is 4.86. The van der Waals surface area contributed by atoms with Crippen molar-refractivity contribution in [1.82, 2.24) is 20.1 Å². The molecule has 6 nitrogen and oxygen atoms in total. The van der Waals surface area contributed by atoms with Crippen molar-refractivity contribution in [2.24, 2.45) is 11.8 Å². The average Bonchev–Trinajstić information content (AvgIpc) is 3.13. The Morgan fingerprint density at radius 2 is 2.13 bits per heavy atom. The maximum Gasteiger partial charge on any atom is 0.233 e. The fourth-order valence-electron chi connectivity index (χ4n) is 4.00. The van der Waals surface area contributed by atoms with Gasteiger partial charge in [0.1, 0.15) is 5.75 Å². The van der Waals surface area contributed by atoms with E-state index in [9.17, 15) is 4.79 Å². The molecule has 2 aromatic rings. The van der Waals surface area contributed by atoms with Gasteiger partial charge in [0.2, 0.25) is 5.91 Å². The fraction of sp³-hybridized carbons (Fsp3) is 0.522. The van der Waals surface area contributed by atoms with Crippen molar-refractivity contribution >= 4 is 17.7 Å². The summed E-state index contributed by atoms with van der Waals surface area (Å²) in [4.78, 5) is 12.9. The van der Waals surface area contributed by atoms with E-state index in [2.05, 4.69) is 35.9 Å². The number of nitrogens with one attached hydrogen (secondary N) is 1. The Bertz CT molecular complexity index is 882. The quantitative estimate of drug-likeness (QED) is 0.493. The first-order valence-electron chi connectivity index (χ1n) is 10.6. The van der Waals surface area contributed by atoms with Crippen molar-refractivity contribution in [2.45, 2.75) is 63.0 Å². The third-order valence-electron chi connectivity index (χ3n) is 6.06. The van der Waals surface area contributed by atoms with Gasteiger partial charge in [-0.2, -0.15) is 0 Å². The molecule has 1 N–H and O–H groups in total. The number of ether oxygens (including phenoxy) is 1. The lowest BCUT2D eigenvalue weighted by Gasteiger charge is -2.35. The first-order valence-corrected chi connectivity index (χ1v) is 11.5. The van der Waals surface area contributed by atoms with Gasteiger partial charge in [-0.3, -0.25) is 9.36 Å². The monoisotopic (exact) mass is 428 g/mol. The molecule has 30 heavy (non-hydrogen) atoms. The number of allylic oxidation sites excluding steroid dienone is 1. The van der Waals surface area contributed by atoms with Gasteiger partial charge in [-0.15, -0.1) is 16.8 Å². The van der Waals surface area contributed by atoms with Gasteiger partial charge < -0.3 is 10.1 Å². The standard InChI is InChI=1S/C23H32N4O2S/c1-6-14-27-21(18-11-7-8-13-20(18)29-5)25-26-23(27)30-17(4)22(28)24-19-12-9-10-15(2)16(19)3/h6-8,11,13,15-17,19H,1,9-10,12,14H2,2-5H3,(H,24,28)/t15-,16-,17+,19+/m0/s1. The SMILES string of the molecule is C=CCn1c(S[C@H](C)C(=O)N[C@@H]2CCC[C@H](C)[C@@H]2C)nnc1-c1ccccc1OC. The Labute approximate surface area is 183 Å². The first-order chi connectivity index (χ1) is 14.5. The highest BCUT2D eigenvalue weighted by molar-refractivity contribution is 8.00. The Morgan fingerprint density at radius 1 is 1.37 bits per heavy atom. The summed E-state index contributed by atoms with van der Waals surface area (Å²) in [5.74, 6) is 2.64. The topological polar surface area (TPSA) is 69.0 Å². The number of benzene rings is 1. The molecule has 1 amide bonds. The second kappa shape index (κ2) is 10.2. The molecule has 1 fully saturated rings. The van der Waals surface area contributed by atoms with Gasteiger partial charge in [-0.05, 0) is 37.3 Å². The minimum Gasteiger partial charge on any atom is -0.496 e. The highest BCUT2D eigenvalue weighted by Crippen LogP contribution is 2.33. The summed E-state index contributed by atoms with van der Waals surface area (Å²) in [6, 6.07) is 7.97. The summed E-state index contributed by atoms with van der Waals surface area (Å²) >= 11 is 1.43. The predicted molar refractivity (Wildman–Crippen MR) is 122 cm³/mol. The van der Waals surface area contributed by atoms with Crippen LogP contribution in [0.3, 0.4) is 0 Å². The Balaban J connectivity index is 1.76. The number of rotatable bonds is 8. The van der Waals surface area contributed by atoms with E-state index in [0.717, 1.165) is 17.7 Å². The van der Waals surface area contributed by atoms with Crippen LogP contribution in [0.1, 0.15) is 40.0 Å². The number of aromatic nitrogens is 3. The number of thioether (sulfide) groups is 1. The summed E-state index contributed by atoms with van der Waals surface area (Å²) < 4.78 is 7.46. The first kappa shape index (κ1) is 22.4. The molecule has 0 spiro atoms. The largest absolute Gasteiger partial charge is 0.496 e. The Hall–Kier alpha value is -2.28. The number of methoxy groups -OCH3 is 1. The summed E-state index contributed by atoms with van der Waals surface area (Å²) in [6.07, 6.45) is 5.28. The van der Waals surface area contributed by atoms with Crippen molar-refractivity contribution in [3.8, 4) is 17.1 Å². The average molecular weight is 429 g/mol. The van der Waals surface area contributed by atoms with Crippen molar-refractivity contribution < 1.29 is 9.53 Å². The van der Waals surface area contributed by atoms with Crippen LogP contribution in [0.4, 0.5) is 0 Å². The smallest absolute Gasteiger partial charge is 0.233 e. The van der Waals surface area contributed by atoms with Crippen molar-refractivity contribution in [1.29, 1.82) is 0 Å². The van der Waals surface area contributed by atoms with Crippen molar-refractivity contribution in [3.63, 3.8) is 0 Å². The number of carbonyl (C=O) groups is 1. The summed E-state index contributed by atoms with van der Waals surface area (Å²) in [6.45, 7) is 10.9. The number of amides is 1. The maximum atomic E-state index is 12.9. The van der Waals surface area contributed by atoms with Crippen LogP contribution in [-0.2, 0) is 11.3 Å². The molecule has 0 unspecified atom stereocenters. The van der Waals surface area contributed by atoms with E-state index in [1.54, 1.807) is 7.11 Å². The highest BCUT2D eigenvalue weighted by atomic mass is 32.2. The second-order valence-corrected chi connectivity index (χ2v) is 9.36. The summed E-state index contributed by atoms with van der Waals surface area (Å²) in [5.41, 5.74) is 0.864. The molecule has 0 radical (unpaired) electrons. The minimum absolute atomic E-state index is 0.0537. The lowest BCUT2D eigenvalue weighted by Crippen LogP contribution is -2.46. The molecule has 1 aromatic carbocycles. The molecule has 1 aliphatic rings. The maximum absolute atomic E-state index is 12.9. The van der Waals surface area contributed by atoms with Gasteiger partial charge in [0.15, 0.2) is 11.0 Å². The molecule has 4 atom stereocenters. The number of hydrogen-bond acceptors (Lipinski definition) is 5. The number of nitrogens with zero attached hydrogens (tertiary/aromatic N) is 3. The lowest BCUT2D eigenvalue weighted by atomic mass is 9.78. The van der Waals surface area contributed by atoms with Gasteiger partial charge in [-0.1, -0.05) is 56.7 Å². The van der Waals surface area contributed by atoms with E-state index in [4.69, 9.17) is 4.74 Å². The number of hydrogen-bond donors (Lipinski definition) is 1. The molecule has 0 aliphatic heterocycles. The van der Waals surface area contributed by atoms with Crippen molar-refractivity contribution in [3.05, 3.63) is 36.9 Å². The van der Waals surface area contributed by atoms with E-state index in [1.165, 1.54) is 24.6 Å². The third-order valence-corrected chi connectivity index (χ3v) is 7.14. The molecular weight excluding hydrogens is 396 g/mol. The lowest BCUT2D eigenvalue weighted by molar-refractivity contribution is -0.121. The Morgan fingerprint density at radius 3 is 2.87 bits per heavy atom. The second-order valence-electron chi connectivity index (χ2n) is 8.05. The molecular formula is C23H32N4O2S. The van der Waals surface area contributed by atoms with Crippen molar-refractivity contribution in [2.75, 3.05) is 7.11 Å². The molecule has 1 heterocycles. The number of para-hydroxylation sites is 1. The van der Waals surface area contributed by atoms with Gasteiger partial charge in [0.25, 0.3) is 0 Å². The molecule has 1 saturated carbocycles. The van der Waals surface area contributed by atoms with Crippen LogP contribution in [0.5, 0.6) is 5.75 Å². The van der Waals surface area contributed by atoms with Gasteiger partial charge >= 0.3 is 0 Å². The van der Waals surface area contributed by atoms with E-state index < -0.39 is 0 Å². The van der Waals surface area contributed by atoms with Crippen LogP contribution in [-0.4, -0.2) is 39.1 Å². The van der Waals surface area contributed by atoms with E-state index in [0.29, 0.717) is 29.4 Å². The van der Waals surface area contributed by atoms with Gasteiger partial charge in [-0.25, -0.2) is 0 Å². The molecule has 3 rings (SSSR count). The molecule has 162 valence electrons. The van der Waals surface area contributed by atoms with E-state index in [-0.39, 0.29) is 17.2 Å². The summed E-state index contributed by atoms with van der Waals surface area (Å²) in [5, 5.41) is 12.5. The number of carbonyl (C=O) groups excluding carboxylic acids is 1. The van der Waals surface area contributed by atoms with Crippen LogP contribution in [0.2, 0.25) is 0 Å². The van der Waals surface area contributed by atoms with Crippen LogP contribution >= 0.6 is 11.8 Å². The van der Waals surface area contributed by atoms with E-state index >= 15 is 0 Å². The third kappa shape index (κ3) is 4.89. The minimum atomic E-state index is -0.271. The Kier molecular flexibility index (Phi) is 7.58. The van der Waals surface area contributed by atoms with E-state index in [1.807, 2.05) is 41.8 Å². The summed E-state index contributed by atoms with van der Waals surface area (Å²) in [7, 11) is 1.64. The van der Waals surface area contributed by atoms with Crippen LogP contribution in [0.15, 0.2) is 42.1 Å². The zero-order valence-corrected chi connectivity index (χ0v) is 19.1. The molecule has 0 saturated heterocycles. The molecule has 1 aliphatic carbocycles. The zero-order valence-electron chi connectivity index (χ0n) is 18.3. The normalized spacial score (nSPS) is 22.3. The van der Waals surface area contributed by atoms with Crippen LogP contribution < -0.4 is 10.1 Å². The van der Waals surface area contributed by atoms with Crippen LogP contribution in [0, 0.1) is 11.8 Å². The predicted octanol–water partition coefficient (Wildman–Crippen LogP) is 4.56. The zero-order chi connectivity index (χ0) is 21.7. The molecule has 0 bridgehead atoms.